The van der Waals surface area contributed by atoms with E-state index in [1.165, 1.54) is 18.2 Å². The summed E-state index contributed by atoms with van der Waals surface area (Å²) in [7, 11) is 0. The summed E-state index contributed by atoms with van der Waals surface area (Å²) in [6, 6.07) is 4.17. The van der Waals surface area contributed by atoms with E-state index >= 15 is 0 Å². The molecule has 2 aromatic rings. The van der Waals surface area contributed by atoms with Crippen LogP contribution in [0.25, 0.3) is 0 Å². The Bertz CT molecular complexity index is 644. The molecule has 7 nitrogen and oxygen atoms in total. The zero-order valence-corrected chi connectivity index (χ0v) is 12.3. The zero-order chi connectivity index (χ0) is 15.4. The molecule has 112 valence electrons. The highest BCUT2D eigenvalue weighted by Gasteiger charge is 2.13. The Morgan fingerprint density at radius 1 is 1.48 bits per heavy atom. The highest BCUT2D eigenvalue weighted by molar-refractivity contribution is 7.09. The van der Waals surface area contributed by atoms with Gasteiger partial charge in [0.15, 0.2) is 0 Å². The molecule has 0 aliphatic rings. The quantitative estimate of drug-likeness (QED) is 0.774. The fourth-order valence-electron chi connectivity index (χ4n) is 1.57. The van der Waals surface area contributed by atoms with Crippen molar-refractivity contribution in [3.8, 4) is 11.5 Å². The Hall–Kier alpha value is -2.19. The maximum absolute atomic E-state index is 12.1. The van der Waals surface area contributed by atoms with Crippen LogP contribution in [0.2, 0.25) is 0 Å². The molecule has 1 atom stereocenters. The number of rotatable bonds is 5. The predicted molar refractivity (Wildman–Crippen MR) is 77.9 cm³/mol. The fraction of sp³-hybridized carbons (Fsp3) is 0.308. The van der Waals surface area contributed by atoms with Crippen molar-refractivity contribution < 1.29 is 19.7 Å². The number of aromatic hydroxyl groups is 1. The van der Waals surface area contributed by atoms with Crippen LogP contribution < -0.4 is 10.1 Å². The van der Waals surface area contributed by atoms with Crippen LogP contribution >= 0.6 is 11.5 Å². The van der Waals surface area contributed by atoms with Gasteiger partial charge in [0.05, 0.1) is 6.61 Å². The van der Waals surface area contributed by atoms with Gasteiger partial charge in [-0.3, -0.25) is 10.1 Å². The van der Waals surface area contributed by atoms with Crippen LogP contribution in [0.5, 0.6) is 11.5 Å². The van der Waals surface area contributed by atoms with Crippen molar-refractivity contribution in [3.63, 3.8) is 0 Å². The van der Waals surface area contributed by atoms with E-state index in [0.717, 1.165) is 11.5 Å². The number of hydrogen-bond acceptors (Lipinski definition) is 7. The highest BCUT2D eigenvalue weighted by atomic mass is 32.1. The molecule has 0 aliphatic carbocycles. The summed E-state index contributed by atoms with van der Waals surface area (Å²) in [5.41, 5.74) is 0.225. The van der Waals surface area contributed by atoms with E-state index in [1.807, 2.05) is 0 Å². The van der Waals surface area contributed by atoms with Gasteiger partial charge in [0.25, 0.3) is 5.91 Å². The van der Waals surface area contributed by atoms with Crippen molar-refractivity contribution in [2.45, 2.75) is 20.0 Å². The smallest absolute Gasteiger partial charge is 0.257 e. The number of aromatic nitrogens is 2. The average Bonchev–Trinajstić information content (AvgIpc) is 2.83. The van der Waals surface area contributed by atoms with Crippen LogP contribution in [0, 0.1) is 6.92 Å². The Morgan fingerprint density at radius 2 is 2.24 bits per heavy atom. The number of aryl methyl sites for hydroxylation is 1. The third kappa shape index (κ3) is 4.14. The second kappa shape index (κ2) is 6.51. The van der Waals surface area contributed by atoms with Crippen molar-refractivity contribution in [3.05, 3.63) is 29.6 Å². The molecular formula is C13H15N3O4S. The number of carbonyl (C=O) groups excluding carboxylic acids is 1. The van der Waals surface area contributed by atoms with E-state index in [-0.39, 0.29) is 17.9 Å². The monoisotopic (exact) mass is 309 g/mol. The second-order valence-electron chi connectivity index (χ2n) is 4.43. The largest absolute Gasteiger partial charge is 0.508 e. The summed E-state index contributed by atoms with van der Waals surface area (Å²) in [6.45, 7) is 3.23. The number of phenolic OH excluding ortho intramolecular Hbond substituents is 1. The number of nitrogens with one attached hydrogen (secondary N) is 1. The van der Waals surface area contributed by atoms with Gasteiger partial charge in [0.1, 0.15) is 23.4 Å². The molecule has 3 N–H and O–H groups in total. The Morgan fingerprint density at radius 3 is 2.86 bits per heavy atom. The standard InChI is InChI=1S/C13H15N3O4S/c1-7(6-17)20-11-4-9(3-10(18)5-11)12(19)15-13-14-8(2)16-21-13/h3-5,7,17-18H,6H2,1-2H3,(H,14,15,16,19). The molecule has 0 radical (unpaired) electrons. The molecule has 1 amide bonds. The second-order valence-corrected chi connectivity index (χ2v) is 5.18. The van der Waals surface area contributed by atoms with E-state index in [2.05, 4.69) is 14.7 Å². The number of ether oxygens (including phenoxy) is 1. The molecule has 1 heterocycles. The number of aliphatic hydroxyl groups is 1. The molecule has 0 bridgehead atoms. The lowest BCUT2D eigenvalue weighted by atomic mass is 10.2. The number of hydrogen-bond donors (Lipinski definition) is 3. The van der Waals surface area contributed by atoms with E-state index in [0.29, 0.717) is 16.7 Å². The molecule has 21 heavy (non-hydrogen) atoms. The number of amides is 1. The molecule has 1 aromatic carbocycles. The molecule has 0 aliphatic heterocycles. The van der Waals surface area contributed by atoms with Crippen LogP contribution in [0.3, 0.4) is 0 Å². The van der Waals surface area contributed by atoms with Crippen LogP contribution in [0.4, 0.5) is 5.13 Å². The SMILES string of the molecule is Cc1nsc(NC(=O)c2cc(O)cc(OC(C)CO)c2)n1. The third-order valence-corrected chi connectivity index (χ3v) is 3.22. The van der Waals surface area contributed by atoms with Gasteiger partial charge < -0.3 is 14.9 Å². The number of phenols is 1. The molecular weight excluding hydrogens is 294 g/mol. The molecule has 1 aromatic heterocycles. The zero-order valence-electron chi connectivity index (χ0n) is 11.5. The van der Waals surface area contributed by atoms with Crippen molar-refractivity contribution in [2.24, 2.45) is 0 Å². The van der Waals surface area contributed by atoms with Crippen molar-refractivity contribution in [2.75, 3.05) is 11.9 Å². The van der Waals surface area contributed by atoms with E-state index in [4.69, 9.17) is 9.84 Å². The van der Waals surface area contributed by atoms with Gasteiger partial charge in [-0.2, -0.15) is 4.37 Å². The first kappa shape index (κ1) is 15.2. The molecule has 1 unspecified atom stereocenters. The van der Waals surface area contributed by atoms with E-state index in [9.17, 15) is 9.90 Å². The number of carbonyl (C=O) groups is 1. The van der Waals surface area contributed by atoms with Gasteiger partial charge in [-0.25, -0.2) is 4.98 Å². The minimum Gasteiger partial charge on any atom is -0.508 e. The van der Waals surface area contributed by atoms with Gasteiger partial charge in [-0.1, -0.05) is 0 Å². The van der Waals surface area contributed by atoms with Crippen LogP contribution in [0.1, 0.15) is 23.1 Å². The average molecular weight is 309 g/mol. The highest BCUT2D eigenvalue weighted by Crippen LogP contribution is 2.23. The van der Waals surface area contributed by atoms with Crippen molar-refractivity contribution >= 4 is 22.6 Å². The first-order valence-corrected chi connectivity index (χ1v) is 6.98. The number of aliphatic hydroxyl groups excluding tert-OH is 1. The summed E-state index contributed by atoms with van der Waals surface area (Å²) in [5.74, 6) is 0.349. The van der Waals surface area contributed by atoms with Gasteiger partial charge in [-0.05, 0) is 26.0 Å². The summed E-state index contributed by atoms with van der Waals surface area (Å²) in [6.07, 6.45) is -0.437. The predicted octanol–water partition coefficient (Wildman–Crippen LogP) is 1.56. The fourth-order valence-corrected chi connectivity index (χ4v) is 2.14. The lowest BCUT2D eigenvalue weighted by Crippen LogP contribution is -2.17. The van der Waals surface area contributed by atoms with Gasteiger partial charge in [0, 0.05) is 23.2 Å². The Kier molecular flexibility index (Phi) is 4.71. The van der Waals surface area contributed by atoms with Gasteiger partial charge in [-0.15, -0.1) is 0 Å². The number of benzene rings is 1. The topological polar surface area (TPSA) is 105 Å². The molecule has 2 rings (SSSR count). The summed E-state index contributed by atoms with van der Waals surface area (Å²) in [5, 5.41) is 21.6. The van der Waals surface area contributed by atoms with Crippen molar-refractivity contribution in [1.29, 1.82) is 0 Å². The van der Waals surface area contributed by atoms with E-state index in [1.54, 1.807) is 13.8 Å². The summed E-state index contributed by atoms with van der Waals surface area (Å²) >= 11 is 1.08. The normalized spacial score (nSPS) is 12.0. The molecule has 0 saturated heterocycles. The van der Waals surface area contributed by atoms with Gasteiger partial charge in [0.2, 0.25) is 5.13 Å². The first-order valence-electron chi connectivity index (χ1n) is 6.21. The lowest BCUT2D eigenvalue weighted by Gasteiger charge is -2.13. The van der Waals surface area contributed by atoms with Gasteiger partial charge >= 0.3 is 0 Å². The lowest BCUT2D eigenvalue weighted by molar-refractivity contribution is 0.102. The molecule has 0 spiro atoms. The summed E-state index contributed by atoms with van der Waals surface area (Å²) in [4.78, 5) is 16.1. The maximum Gasteiger partial charge on any atom is 0.257 e. The number of nitrogens with zero attached hydrogens (tertiary/aromatic N) is 2. The van der Waals surface area contributed by atoms with Crippen LogP contribution in [0.15, 0.2) is 18.2 Å². The molecule has 8 heteroatoms. The van der Waals surface area contributed by atoms with Crippen LogP contribution in [-0.4, -0.2) is 38.2 Å². The minimum atomic E-state index is -0.437. The molecule has 0 saturated carbocycles. The Balaban J connectivity index is 2.16. The number of anilines is 1. The first-order chi connectivity index (χ1) is 9.97. The van der Waals surface area contributed by atoms with Crippen LogP contribution in [-0.2, 0) is 0 Å². The summed E-state index contributed by atoms with van der Waals surface area (Å²) < 4.78 is 9.34. The minimum absolute atomic E-state index is 0.101. The maximum atomic E-state index is 12.1. The molecule has 0 fully saturated rings. The Labute approximate surface area is 125 Å². The third-order valence-electron chi connectivity index (χ3n) is 2.50. The van der Waals surface area contributed by atoms with E-state index < -0.39 is 12.0 Å². The van der Waals surface area contributed by atoms with Crippen molar-refractivity contribution in [1.82, 2.24) is 9.36 Å².